The van der Waals surface area contributed by atoms with Crippen LogP contribution in [0.25, 0.3) is 0 Å². The molecule has 1 saturated heterocycles. The van der Waals surface area contributed by atoms with Crippen molar-refractivity contribution in [3.63, 3.8) is 0 Å². The quantitative estimate of drug-likeness (QED) is 0.729. The van der Waals surface area contributed by atoms with Crippen molar-refractivity contribution >= 4 is 11.9 Å². The fourth-order valence-corrected chi connectivity index (χ4v) is 2.78. The SMILES string of the molecule is CCOC(=O)C1CCN(C(=O)C(C)CCCC(C)N)CC1. The van der Waals surface area contributed by atoms with Crippen molar-refractivity contribution in [3.8, 4) is 0 Å². The molecule has 0 aromatic rings. The van der Waals surface area contributed by atoms with Crippen molar-refractivity contribution in [1.29, 1.82) is 0 Å². The Morgan fingerprint density at radius 1 is 1.24 bits per heavy atom. The van der Waals surface area contributed by atoms with Crippen LogP contribution in [0.15, 0.2) is 0 Å². The van der Waals surface area contributed by atoms with Crippen molar-refractivity contribution in [2.75, 3.05) is 19.7 Å². The van der Waals surface area contributed by atoms with E-state index in [1.807, 2.05) is 25.7 Å². The Labute approximate surface area is 128 Å². The van der Waals surface area contributed by atoms with E-state index in [1.165, 1.54) is 0 Å². The number of piperidine rings is 1. The van der Waals surface area contributed by atoms with Crippen molar-refractivity contribution in [3.05, 3.63) is 0 Å². The predicted molar refractivity (Wildman–Crippen MR) is 82.6 cm³/mol. The molecule has 0 aromatic heterocycles. The van der Waals surface area contributed by atoms with Crippen LogP contribution >= 0.6 is 0 Å². The van der Waals surface area contributed by atoms with Gasteiger partial charge in [0.1, 0.15) is 0 Å². The lowest BCUT2D eigenvalue weighted by Gasteiger charge is -2.32. The highest BCUT2D eigenvalue weighted by molar-refractivity contribution is 5.79. The van der Waals surface area contributed by atoms with Crippen LogP contribution in [0.2, 0.25) is 0 Å². The molecule has 0 aliphatic carbocycles. The summed E-state index contributed by atoms with van der Waals surface area (Å²) in [6.07, 6.45) is 4.28. The molecule has 0 bridgehead atoms. The second-order valence-corrected chi connectivity index (χ2v) is 6.16. The van der Waals surface area contributed by atoms with E-state index in [-0.39, 0.29) is 29.8 Å². The van der Waals surface area contributed by atoms with Gasteiger partial charge >= 0.3 is 5.97 Å². The van der Waals surface area contributed by atoms with Gasteiger partial charge in [0.2, 0.25) is 5.91 Å². The highest BCUT2D eigenvalue weighted by Gasteiger charge is 2.29. The summed E-state index contributed by atoms with van der Waals surface area (Å²) in [5.74, 6) is 0.0989. The molecule has 1 amide bonds. The summed E-state index contributed by atoms with van der Waals surface area (Å²) in [6, 6.07) is 0.202. The first-order valence-electron chi connectivity index (χ1n) is 8.16. The topological polar surface area (TPSA) is 72.6 Å². The monoisotopic (exact) mass is 298 g/mol. The lowest BCUT2D eigenvalue weighted by Crippen LogP contribution is -2.42. The molecule has 1 aliphatic rings. The van der Waals surface area contributed by atoms with Gasteiger partial charge in [-0.15, -0.1) is 0 Å². The van der Waals surface area contributed by atoms with Gasteiger partial charge in [-0.25, -0.2) is 0 Å². The Morgan fingerprint density at radius 3 is 2.38 bits per heavy atom. The Bertz CT molecular complexity index is 336. The second-order valence-electron chi connectivity index (χ2n) is 6.16. The molecule has 5 heteroatoms. The van der Waals surface area contributed by atoms with Crippen LogP contribution in [0.1, 0.15) is 52.9 Å². The second kappa shape index (κ2) is 9.03. The van der Waals surface area contributed by atoms with Crippen molar-refractivity contribution < 1.29 is 14.3 Å². The van der Waals surface area contributed by atoms with E-state index in [4.69, 9.17) is 10.5 Å². The minimum absolute atomic E-state index is 0.0394. The maximum atomic E-state index is 12.4. The Balaban J connectivity index is 2.32. The molecule has 1 heterocycles. The lowest BCUT2D eigenvalue weighted by atomic mass is 9.94. The molecule has 0 spiro atoms. The molecule has 0 radical (unpaired) electrons. The van der Waals surface area contributed by atoms with E-state index >= 15 is 0 Å². The van der Waals surface area contributed by atoms with Crippen molar-refractivity contribution in [2.45, 2.75) is 58.9 Å². The molecular formula is C16H30N2O3. The number of likely N-dealkylation sites (tertiary alicyclic amines) is 1. The summed E-state index contributed by atoms with van der Waals surface area (Å²) >= 11 is 0. The molecule has 0 saturated carbocycles. The predicted octanol–water partition coefficient (Wildman–Crippen LogP) is 1.94. The largest absolute Gasteiger partial charge is 0.466 e. The van der Waals surface area contributed by atoms with Crippen LogP contribution in [0.4, 0.5) is 0 Å². The first kappa shape index (κ1) is 18.0. The Kier molecular flexibility index (Phi) is 7.72. The third-order valence-electron chi connectivity index (χ3n) is 4.14. The van der Waals surface area contributed by atoms with Crippen LogP contribution in [0.3, 0.4) is 0 Å². The van der Waals surface area contributed by atoms with Gasteiger partial charge in [-0.2, -0.15) is 0 Å². The van der Waals surface area contributed by atoms with Crippen LogP contribution in [-0.2, 0) is 14.3 Å². The number of ether oxygens (including phenoxy) is 1. The van der Waals surface area contributed by atoms with Crippen LogP contribution in [-0.4, -0.2) is 42.5 Å². The number of nitrogens with two attached hydrogens (primary N) is 1. The first-order valence-corrected chi connectivity index (χ1v) is 8.16. The van der Waals surface area contributed by atoms with E-state index in [0.29, 0.717) is 19.7 Å². The van der Waals surface area contributed by atoms with E-state index in [9.17, 15) is 9.59 Å². The number of carbonyl (C=O) groups is 2. The minimum atomic E-state index is -0.116. The third kappa shape index (κ3) is 6.04. The fraction of sp³-hybridized carbons (Fsp3) is 0.875. The molecule has 122 valence electrons. The average Bonchev–Trinajstić information content (AvgIpc) is 2.46. The minimum Gasteiger partial charge on any atom is -0.466 e. The highest BCUT2D eigenvalue weighted by atomic mass is 16.5. The first-order chi connectivity index (χ1) is 9.95. The molecule has 21 heavy (non-hydrogen) atoms. The molecule has 5 nitrogen and oxygen atoms in total. The molecule has 1 fully saturated rings. The van der Waals surface area contributed by atoms with Gasteiger partial charge in [0.25, 0.3) is 0 Å². The number of amides is 1. The van der Waals surface area contributed by atoms with Crippen LogP contribution in [0, 0.1) is 11.8 Å². The number of esters is 1. The molecular weight excluding hydrogens is 268 g/mol. The molecule has 1 rings (SSSR count). The van der Waals surface area contributed by atoms with Gasteiger partial charge in [-0.1, -0.05) is 13.3 Å². The summed E-state index contributed by atoms with van der Waals surface area (Å²) in [4.78, 5) is 25.9. The summed E-state index contributed by atoms with van der Waals surface area (Å²) in [7, 11) is 0. The smallest absolute Gasteiger partial charge is 0.309 e. The zero-order valence-electron chi connectivity index (χ0n) is 13.6. The number of rotatable bonds is 7. The van der Waals surface area contributed by atoms with E-state index in [1.54, 1.807) is 0 Å². The van der Waals surface area contributed by atoms with Crippen LogP contribution < -0.4 is 5.73 Å². The lowest BCUT2D eigenvalue weighted by molar-refractivity contribution is -0.151. The van der Waals surface area contributed by atoms with E-state index in [0.717, 1.165) is 32.1 Å². The molecule has 1 aliphatic heterocycles. The third-order valence-corrected chi connectivity index (χ3v) is 4.14. The fourth-order valence-electron chi connectivity index (χ4n) is 2.78. The number of hydrogen-bond acceptors (Lipinski definition) is 4. The summed E-state index contributed by atoms with van der Waals surface area (Å²) in [6.45, 7) is 7.56. The Morgan fingerprint density at radius 2 is 1.86 bits per heavy atom. The molecule has 2 N–H and O–H groups in total. The standard InChI is InChI=1S/C16H30N2O3/c1-4-21-16(20)14-8-10-18(11-9-14)15(19)12(2)6-5-7-13(3)17/h12-14H,4-11,17H2,1-3H3. The molecule has 2 atom stereocenters. The number of carbonyl (C=O) groups excluding carboxylic acids is 2. The number of nitrogens with zero attached hydrogens (tertiary/aromatic N) is 1. The maximum Gasteiger partial charge on any atom is 0.309 e. The number of hydrogen-bond donors (Lipinski definition) is 1. The van der Waals surface area contributed by atoms with Crippen molar-refractivity contribution in [2.24, 2.45) is 17.6 Å². The highest BCUT2D eigenvalue weighted by Crippen LogP contribution is 2.21. The molecule has 2 unspecified atom stereocenters. The zero-order chi connectivity index (χ0) is 15.8. The summed E-state index contributed by atoms with van der Waals surface area (Å²) in [5, 5.41) is 0. The summed E-state index contributed by atoms with van der Waals surface area (Å²) < 4.78 is 5.05. The van der Waals surface area contributed by atoms with E-state index in [2.05, 4.69) is 0 Å². The van der Waals surface area contributed by atoms with Gasteiger partial charge in [-0.3, -0.25) is 9.59 Å². The maximum absolute atomic E-state index is 12.4. The molecule has 0 aromatic carbocycles. The van der Waals surface area contributed by atoms with Gasteiger partial charge in [0.15, 0.2) is 0 Å². The Hall–Kier alpha value is -1.10. The van der Waals surface area contributed by atoms with Gasteiger partial charge in [0, 0.05) is 25.0 Å². The van der Waals surface area contributed by atoms with Gasteiger partial charge < -0.3 is 15.4 Å². The van der Waals surface area contributed by atoms with Gasteiger partial charge in [0.05, 0.1) is 12.5 Å². The van der Waals surface area contributed by atoms with Crippen LogP contribution in [0.5, 0.6) is 0 Å². The summed E-state index contributed by atoms with van der Waals surface area (Å²) in [5.41, 5.74) is 5.73. The zero-order valence-corrected chi connectivity index (χ0v) is 13.6. The van der Waals surface area contributed by atoms with Gasteiger partial charge in [-0.05, 0) is 39.5 Å². The average molecular weight is 298 g/mol. The van der Waals surface area contributed by atoms with E-state index < -0.39 is 0 Å². The normalized spacial score (nSPS) is 19.1. The van der Waals surface area contributed by atoms with Crippen molar-refractivity contribution in [1.82, 2.24) is 4.90 Å².